The molecule has 3 nitrogen and oxygen atoms in total. The van der Waals surface area contributed by atoms with Gasteiger partial charge < -0.3 is 9.16 Å². The molecule has 0 saturated heterocycles. The van der Waals surface area contributed by atoms with Crippen molar-refractivity contribution in [1.29, 1.82) is 0 Å². The normalized spacial score (nSPS) is 13.8. The van der Waals surface area contributed by atoms with Gasteiger partial charge in [-0.2, -0.15) is 0 Å². The average Bonchev–Trinajstić information content (AvgIpc) is 2.36. The summed E-state index contributed by atoms with van der Waals surface area (Å²) in [7, 11) is -2.10. The second kappa shape index (κ2) is 7.32. The van der Waals surface area contributed by atoms with Gasteiger partial charge in [0.2, 0.25) is 0 Å². The predicted octanol–water partition coefficient (Wildman–Crippen LogP) is 5.74. The Morgan fingerprint density at radius 2 is 1.91 bits per heavy atom. The molecule has 0 spiro atoms. The molecule has 1 rings (SSSR count). The number of hydrogen-bond donors (Lipinski definition) is 0. The van der Waals surface area contributed by atoms with Crippen LogP contribution in [0.2, 0.25) is 23.2 Å². The van der Waals surface area contributed by atoms with Crippen LogP contribution in [0.25, 0.3) is 0 Å². The fraction of sp³-hybridized carbons (Fsp3) is 0.588. The molecule has 1 atom stereocenters. The third-order valence-electron chi connectivity index (χ3n) is 4.31. The summed E-state index contributed by atoms with van der Waals surface area (Å²) in [4.78, 5) is 11.9. The van der Waals surface area contributed by atoms with Crippen LogP contribution in [-0.4, -0.2) is 20.9 Å². The Morgan fingerprint density at radius 1 is 1.35 bits per heavy atom. The summed E-state index contributed by atoms with van der Waals surface area (Å²) in [6, 6.07) is 2.86. The Labute approximate surface area is 144 Å². The van der Waals surface area contributed by atoms with E-state index in [2.05, 4.69) is 33.9 Å². The second-order valence-corrected chi connectivity index (χ2v) is 12.2. The second-order valence-electron chi connectivity index (χ2n) is 7.06. The van der Waals surface area contributed by atoms with E-state index < -0.39 is 26.2 Å². The first-order chi connectivity index (χ1) is 10.4. The van der Waals surface area contributed by atoms with Gasteiger partial charge in [-0.3, -0.25) is 0 Å². The summed E-state index contributed by atoms with van der Waals surface area (Å²) in [6.07, 6.45) is -0.544. The van der Waals surface area contributed by atoms with Crippen molar-refractivity contribution in [2.75, 3.05) is 6.61 Å². The fourth-order valence-corrected chi connectivity index (χ4v) is 3.64. The number of carbonyl (C=O) groups excluding carboxylic acids is 1. The van der Waals surface area contributed by atoms with E-state index in [1.807, 2.05) is 0 Å². The highest BCUT2D eigenvalue weighted by molar-refractivity contribution is 6.74. The lowest BCUT2D eigenvalue weighted by atomic mass is 10.1. The quantitative estimate of drug-likeness (QED) is 0.496. The molecule has 1 aromatic rings. The van der Waals surface area contributed by atoms with Gasteiger partial charge in [0, 0.05) is 10.6 Å². The van der Waals surface area contributed by atoms with Gasteiger partial charge in [0.1, 0.15) is 5.82 Å². The molecule has 1 aromatic carbocycles. The zero-order valence-corrected chi connectivity index (χ0v) is 16.7. The summed E-state index contributed by atoms with van der Waals surface area (Å²) in [6.45, 7) is 14.1. The Balaban J connectivity index is 3.22. The van der Waals surface area contributed by atoms with Gasteiger partial charge in [0.05, 0.1) is 18.3 Å². The molecule has 0 N–H and O–H groups in total. The van der Waals surface area contributed by atoms with Crippen LogP contribution in [0.4, 0.5) is 4.39 Å². The van der Waals surface area contributed by atoms with E-state index in [0.717, 1.165) is 0 Å². The number of hydrogen-bond acceptors (Lipinski definition) is 3. The molecule has 0 aliphatic rings. The Hall–Kier alpha value is -0.913. The lowest BCUT2D eigenvalue weighted by Crippen LogP contribution is -2.41. The van der Waals surface area contributed by atoms with Crippen LogP contribution < -0.4 is 0 Å². The zero-order chi connectivity index (χ0) is 18.0. The van der Waals surface area contributed by atoms with E-state index in [1.165, 1.54) is 12.1 Å². The minimum Gasteiger partial charge on any atom is -0.462 e. The highest BCUT2D eigenvalue weighted by Crippen LogP contribution is 2.41. The van der Waals surface area contributed by atoms with E-state index in [4.69, 9.17) is 20.8 Å². The largest absolute Gasteiger partial charge is 0.462 e. The van der Waals surface area contributed by atoms with Gasteiger partial charge >= 0.3 is 5.97 Å². The molecule has 0 fully saturated rings. The van der Waals surface area contributed by atoms with Gasteiger partial charge in [-0.25, -0.2) is 9.18 Å². The standard InChI is InChI=1S/C17H26ClFO3Si/c1-8-21-16(20)12-9-10-13(18)14(15(12)19)11(2)22-23(6,7)17(3,4)5/h9-11H,8H2,1-7H3. The van der Waals surface area contributed by atoms with Gasteiger partial charge in [-0.1, -0.05) is 32.4 Å². The predicted molar refractivity (Wildman–Crippen MR) is 94.1 cm³/mol. The van der Waals surface area contributed by atoms with E-state index in [9.17, 15) is 9.18 Å². The van der Waals surface area contributed by atoms with Crippen LogP contribution in [0.15, 0.2) is 12.1 Å². The highest BCUT2D eigenvalue weighted by Gasteiger charge is 2.39. The van der Waals surface area contributed by atoms with Gasteiger partial charge in [-0.05, 0) is 44.1 Å². The molecular formula is C17H26ClFO3Si. The molecule has 0 aromatic heterocycles. The molecule has 1 unspecified atom stereocenters. The number of ether oxygens (including phenoxy) is 1. The topological polar surface area (TPSA) is 35.5 Å². The molecule has 0 bridgehead atoms. The number of halogens is 2. The van der Waals surface area contributed by atoms with Crippen LogP contribution in [0.5, 0.6) is 0 Å². The molecule has 130 valence electrons. The fourth-order valence-electron chi connectivity index (χ4n) is 1.99. The van der Waals surface area contributed by atoms with E-state index in [0.29, 0.717) is 0 Å². The minimum absolute atomic E-state index is 0.0109. The Bertz CT molecular complexity index is 582. The lowest BCUT2D eigenvalue weighted by Gasteiger charge is -2.38. The van der Waals surface area contributed by atoms with Crippen LogP contribution in [-0.2, 0) is 9.16 Å². The molecule has 0 heterocycles. The maximum absolute atomic E-state index is 14.8. The maximum atomic E-state index is 14.8. The number of benzene rings is 1. The zero-order valence-electron chi connectivity index (χ0n) is 14.9. The number of carbonyl (C=O) groups is 1. The van der Waals surface area contributed by atoms with Gasteiger partial charge in [0.15, 0.2) is 8.32 Å². The van der Waals surface area contributed by atoms with Crippen molar-refractivity contribution in [2.45, 2.75) is 58.9 Å². The van der Waals surface area contributed by atoms with Crippen molar-refractivity contribution in [3.05, 3.63) is 34.1 Å². The van der Waals surface area contributed by atoms with E-state index in [1.54, 1.807) is 13.8 Å². The van der Waals surface area contributed by atoms with Crippen molar-refractivity contribution in [2.24, 2.45) is 0 Å². The van der Waals surface area contributed by atoms with Crippen molar-refractivity contribution >= 4 is 25.9 Å². The SMILES string of the molecule is CCOC(=O)c1ccc(Cl)c(C(C)O[Si](C)(C)C(C)(C)C)c1F. The number of esters is 1. The van der Waals surface area contributed by atoms with Crippen LogP contribution in [0.1, 0.15) is 56.6 Å². The summed E-state index contributed by atoms with van der Waals surface area (Å²) in [5.74, 6) is -1.36. The molecule has 23 heavy (non-hydrogen) atoms. The molecule has 0 amide bonds. The summed E-state index contributed by atoms with van der Waals surface area (Å²) >= 11 is 6.16. The number of rotatable bonds is 5. The van der Waals surface area contributed by atoms with Crippen molar-refractivity contribution in [3.63, 3.8) is 0 Å². The van der Waals surface area contributed by atoms with Crippen molar-refractivity contribution < 1.29 is 18.3 Å². The molecule has 0 saturated carbocycles. The molecule has 6 heteroatoms. The molecule has 0 aliphatic heterocycles. The third-order valence-corrected chi connectivity index (χ3v) is 9.19. The highest BCUT2D eigenvalue weighted by atomic mass is 35.5. The molecule has 0 aliphatic carbocycles. The van der Waals surface area contributed by atoms with Crippen molar-refractivity contribution in [3.8, 4) is 0 Å². The third kappa shape index (κ3) is 4.55. The Kier molecular flexibility index (Phi) is 6.41. The average molecular weight is 361 g/mol. The first-order valence-corrected chi connectivity index (χ1v) is 11.0. The smallest absolute Gasteiger partial charge is 0.341 e. The Morgan fingerprint density at radius 3 is 2.39 bits per heavy atom. The molecule has 0 radical (unpaired) electrons. The summed E-state index contributed by atoms with van der Waals surface area (Å²) < 4.78 is 25.9. The first-order valence-electron chi connectivity index (χ1n) is 7.75. The van der Waals surface area contributed by atoms with Crippen LogP contribution in [0, 0.1) is 5.82 Å². The lowest BCUT2D eigenvalue weighted by molar-refractivity contribution is 0.0520. The molecular weight excluding hydrogens is 335 g/mol. The van der Waals surface area contributed by atoms with Crippen LogP contribution >= 0.6 is 11.6 Å². The van der Waals surface area contributed by atoms with Crippen molar-refractivity contribution in [1.82, 2.24) is 0 Å². The van der Waals surface area contributed by atoms with E-state index >= 15 is 0 Å². The van der Waals surface area contributed by atoms with Gasteiger partial charge in [0.25, 0.3) is 0 Å². The van der Waals surface area contributed by atoms with Crippen LogP contribution in [0.3, 0.4) is 0 Å². The summed E-state index contributed by atoms with van der Waals surface area (Å²) in [5, 5.41) is 0.241. The van der Waals surface area contributed by atoms with E-state index in [-0.39, 0.29) is 27.8 Å². The minimum atomic E-state index is -2.10. The summed E-state index contributed by atoms with van der Waals surface area (Å²) in [5.41, 5.74) is 0.0963. The monoisotopic (exact) mass is 360 g/mol. The maximum Gasteiger partial charge on any atom is 0.341 e. The van der Waals surface area contributed by atoms with Gasteiger partial charge in [-0.15, -0.1) is 0 Å². The first kappa shape index (κ1) is 20.1.